The van der Waals surface area contributed by atoms with Crippen LogP contribution in [-0.2, 0) is 6.54 Å². The van der Waals surface area contributed by atoms with Crippen LogP contribution in [0.1, 0.15) is 12.0 Å². The van der Waals surface area contributed by atoms with E-state index in [1.54, 1.807) is 11.8 Å². The molecule has 0 saturated carbocycles. The van der Waals surface area contributed by atoms with Crippen LogP contribution in [-0.4, -0.2) is 33.4 Å². The van der Waals surface area contributed by atoms with Gasteiger partial charge in [-0.25, -0.2) is 0 Å². The molecule has 1 aliphatic rings. The highest BCUT2D eigenvalue weighted by Gasteiger charge is 2.25. The van der Waals surface area contributed by atoms with Gasteiger partial charge in [-0.1, -0.05) is 60.3 Å². The Morgan fingerprint density at radius 2 is 1.82 bits per heavy atom. The molecule has 1 fully saturated rings. The Kier molecular flexibility index (Phi) is 6.03. The normalized spacial score (nSPS) is 17.1. The SMILES string of the molecule is I.c1ccc(CN2CCC(Sc3nnc(-c4cc5ccccc5o4)o3)C2)cc1. The molecule has 144 valence electrons. The number of likely N-dealkylation sites (tertiary alicyclic amines) is 1. The summed E-state index contributed by atoms with van der Waals surface area (Å²) >= 11 is 1.66. The first-order valence-electron chi connectivity index (χ1n) is 9.09. The topological polar surface area (TPSA) is 55.3 Å². The van der Waals surface area contributed by atoms with Crippen molar-refractivity contribution in [3.63, 3.8) is 0 Å². The van der Waals surface area contributed by atoms with E-state index in [1.165, 1.54) is 5.56 Å². The zero-order valence-electron chi connectivity index (χ0n) is 15.2. The van der Waals surface area contributed by atoms with E-state index in [0.717, 1.165) is 37.0 Å². The van der Waals surface area contributed by atoms with Gasteiger partial charge in [0.1, 0.15) is 5.58 Å². The van der Waals surface area contributed by atoms with Crippen molar-refractivity contribution in [1.82, 2.24) is 15.1 Å². The fraction of sp³-hybridized carbons (Fsp3) is 0.238. The van der Waals surface area contributed by atoms with Gasteiger partial charge >= 0.3 is 0 Å². The molecule has 3 heterocycles. The Labute approximate surface area is 184 Å². The van der Waals surface area contributed by atoms with Gasteiger partial charge in [-0.2, -0.15) is 0 Å². The van der Waals surface area contributed by atoms with Crippen molar-refractivity contribution in [2.24, 2.45) is 0 Å². The van der Waals surface area contributed by atoms with E-state index in [0.29, 0.717) is 22.1 Å². The second-order valence-electron chi connectivity index (χ2n) is 6.77. The molecule has 0 amide bonds. The van der Waals surface area contributed by atoms with Crippen molar-refractivity contribution in [3.05, 3.63) is 66.2 Å². The van der Waals surface area contributed by atoms with Gasteiger partial charge < -0.3 is 8.83 Å². The van der Waals surface area contributed by atoms with Gasteiger partial charge in [0.25, 0.3) is 11.1 Å². The molecule has 7 heteroatoms. The van der Waals surface area contributed by atoms with Crippen LogP contribution in [0.3, 0.4) is 0 Å². The third-order valence-corrected chi connectivity index (χ3v) is 5.87. The number of aromatic nitrogens is 2. The summed E-state index contributed by atoms with van der Waals surface area (Å²) in [4.78, 5) is 2.48. The quantitative estimate of drug-likeness (QED) is 0.336. The summed E-state index contributed by atoms with van der Waals surface area (Å²) < 4.78 is 11.7. The molecule has 2 aromatic heterocycles. The van der Waals surface area contributed by atoms with Crippen LogP contribution in [0.5, 0.6) is 0 Å². The highest BCUT2D eigenvalue weighted by molar-refractivity contribution is 14.0. The minimum atomic E-state index is 0. The Hall–Kier alpha value is -1.84. The summed E-state index contributed by atoms with van der Waals surface area (Å²) in [5.41, 5.74) is 2.18. The lowest BCUT2D eigenvalue weighted by molar-refractivity contribution is 0.332. The second kappa shape index (κ2) is 8.67. The summed E-state index contributed by atoms with van der Waals surface area (Å²) in [6.07, 6.45) is 1.12. The Balaban J connectivity index is 0.00000192. The number of rotatable bonds is 5. The Morgan fingerprint density at radius 1 is 1.00 bits per heavy atom. The number of benzene rings is 2. The molecule has 0 aliphatic carbocycles. The largest absolute Gasteiger partial charge is 0.451 e. The molecule has 0 spiro atoms. The van der Waals surface area contributed by atoms with Crippen molar-refractivity contribution in [3.8, 4) is 11.7 Å². The van der Waals surface area contributed by atoms with Crippen molar-refractivity contribution in [1.29, 1.82) is 0 Å². The third-order valence-electron chi connectivity index (χ3n) is 4.79. The van der Waals surface area contributed by atoms with E-state index in [-0.39, 0.29) is 24.0 Å². The lowest BCUT2D eigenvalue weighted by Crippen LogP contribution is -2.20. The van der Waals surface area contributed by atoms with Gasteiger partial charge in [-0.05, 0) is 30.7 Å². The zero-order valence-corrected chi connectivity index (χ0v) is 18.3. The molecule has 2 aromatic carbocycles. The molecule has 0 N–H and O–H groups in total. The maximum absolute atomic E-state index is 5.84. The van der Waals surface area contributed by atoms with E-state index in [1.807, 2.05) is 30.3 Å². The molecule has 1 unspecified atom stereocenters. The molecule has 1 aliphatic heterocycles. The number of fused-ring (bicyclic) bond motifs is 1. The van der Waals surface area contributed by atoms with Gasteiger partial charge in [-0.3, -0.25) is 4.90 Å². The highest BCUT2D eigenvalue weighted by atomic mass is 127. The van der Waals surface area contributed by atoms with Crippen molar-refractivity contribution < 1.29 is 8.83 Å². The Morgan fingerprint density at radius 3 is 2.68 bits per heavy atom. The summed E-state index contributed by atoms with van der Waals surface area (Å²) in [5, 5.41) is 10.5. The van der Waals surface area contributed by atoms with Gasteiger partial charge in [-0.15, -0.1) is 34.2 Å². The van der Waals surface area contributed by atoms with Crippen LogP contribution in [0.4, 0.5) is 0 Å². The van der Waals surface area contributed by atoms with Crippen LogP contribution in [0, 0.1) is 0 Å². The summed E-state index contributed by atoms with van der Waals surface area (Å²) in [6, 6.07) is 20.4. The molecule has 5 rings (SSSR count). The van der Waals surface area contributed by atoms with E-state index in [2.05, 4.69) is 45.4 Å². The van der Waals surface area contributed by atoms with Crippen molar-refractivity contribution >= 4 is 46.7 Å². The van der Waals surface area contributed by atoms with Crippen LogP contribution >= 0.6 is 35.7 Å². The highest BCUT2D eigenvalue weighted by Crippen LogP contribution is 2.33. The third kappa shape index (κ3) is 4.26. The molecule has 28 heavy (non-hydrogen) atoms. The number of halogens is 1. The molecule has 5 nitrogen and oxygen atoms in total. The smallest absolute Gasteiger partial charge is 0.284 e. The number of para-hydroxylation sites is 1. The monoisotopic (exact) mass is 505 g/mol. The zero-order chi connectivity index (χ0) is 18.1. The number of hydrogen-bond acceptors (Lipinski definition) is 6. The van der Waals surface area contributed by atoms with Gasteiger partial charge in [0.05, 0.1) is 0 Å². The number of nitrogens with zero attached hydrogens (tertiary/aromatic N) is 3. The predicted octanol–water partition coefficient (Wildman–Crippen LogP) is 5.47. The molecule has 4 aromatic rings. The van der Waals surface area contributed by atoms with Crippen LogP contribution in [0.25, 0.3) is 22.6 Å². The van der Waals surface area contributed by atoms with Crippen molar-refractivity contribution in [2.75, 3.05) is 13.1 Å². The maximum atomic E-state index is 5.84. The van der Waals surface area contributed by atoms with Crippen LogP contribution < -0.4 is 0 Å². The fourth-order valence-electron chi connectivity index (χ4n) is 3.47. The average Bonchev–Trinajstić information content (AvgIpc) is 3.42. The van der Waals surface area contributed by atoms with Crippen LogP contribution in [0.2, 0.25) is 0 Å². The van der Waals surface area contributed by atoms with Gasteiger partial charge in [0.2, 0.25) is 0 Å². The standard InChI is InChI=1S/C21H19N3O2S.HI/c1-2-6-15(7-3-1)13-24-11-10-17(14-24)27-21-23-22-20(26-21)19-12-16-8-4-5-9-18(16)25-19;/h1-9,12,17H,10-11,13-14H2;1H. The van der Waals surface area contributed by atoms with E-state index >= 15 is 0 Å². The first-order chi connectivity index (χ1) is 13.3. The molecule has 1 saturated heterocycles. The lowest BCUT2D eigenvalue weighted by Gasteiger charge is -2.15. The van der Waals surface area contributed by atoms with Crippen LogP contribution in [0.15, 0.2) is 74.7 Å². The average molecular weight is 505 g/mol. The first kappa shape index (κ1) is 19.5. The minimum Gasteiger partial charge on any atom is -0.451 e. The number of thioether (sulfide) groups is 1. The molecular weight excluding hydrogens is 485 g/mol. The molecule has 0 radical (unpaired) electrons. The second-order valence-corrected chi connectivity index (χ2v) is 8.02. The minimum absolute atomic E-state index is 0. The first-order valence-corrected chi connectivity index (χ1v) is 9.97. The van der Waals surface area contributed by atoms with E-state index in [4.69, 9.17) is 8.83 Å². The number of hydrogen-bond donors (Lipinski definition) is 0. The molecule has 0 bridgehead atoms. The van der Waals surface area contributed by atoms with Gasteiger partial charge in [0.15, 0.2) is 5.76 Å². The lowest BCUT2D eigenvalue weighted by atomic mass is 10.2. The molecule has 1 atom stereocenters. The molecular formula is C21H20IN3O2S. The van der Waals surface area contributed by atoms with E-state index in [9.17, 15) is 0 Å². The summed E-state index contributed by atoms with van der Waals surface area (Å²) in [5.74, 6) is 1.06. The number of furan rings is 1. The van der Waals surface area contributed by atoms with Crippen molar-refractivity contribution in [2.45, 2.75) is 23.4 Å². The predicted molar refractivity (Wildman–Crippen MR) is 121 cm³/mol. The van der Waals surface area contributed by atoms with E-state index < -0.39 is 0 Å². The summed E-state index contributed by atoms with van der Waals surface area (Å²) in [6.45, 7) is 3.12. The van der Waals surface area contributed by atoms with Gasteiger partial charge in [0, 0.05) is 23.7 Å². The maximum Gasteiger partial charge on any atom is 0.284 e. The Bertz CT molecular complexity index is 1020. The summed E-state index contributed by atoms with van der Waals surface area (Å²) in [7, 11) is 0. The fourth-order valence-corrected chi connectivity index (χ4v) is 4.47.